The van der Waals surface area contributed by atoms with Crippen molar-refractivity contribution in [3.63, 3.8) is 0 Å². The second kappa shape index (κ2) is 5.89. The summed E-state index contributed by atoms with van der Waals surface area (Å²) in [6.07, 6.45) is 2.38. The molecule has 5 nitrogen and oxygen atoms in total. The Kier molecular flexibility index (Phi) is 3.75. The molecule has 1 saturated heterocycles. The number of carbonyl (C=O) groups excluding carboxylic acids is 1. The third kappa shape index (κ3) is 2.48. The number of nitrogens with zero attached hydrogens (tertiary/aromatic N) is 4. The Bertz CT molecular complexity index is 676. The van der Waals surface area contributed by atoms with Crippen LogP contribution in [0.3, 0.4) is 0 Å². The zero-order chi connectivity index (χ0) is 14.9. The van der Waals surface area contributed by atoms with Crippen LogP contribution in [0.5, 0.6) is 0 Å². The van der Waals surface area contributed by atoms with E-state index in [0.29, 0.717) is 11.8 Å². The van der Waals surface area contributed by atoms with Gasteiger partial charge in [-0.3, -0.25) is 4.79 Å². The van der Waals surface area contributed by atoms with Gasteiger partial charge < -0.3 is 9.80 Å². The minimum atomic E-state index is 0.152. The van der Waals surface area contributed by atoms with E-state index in [1.165, 1.54) is 41.6 Å². The van der Waals surface area contributed by atoms with Crippen LogP contribution in [-0.4, -0.2) is 41.0 Å². The predicted molar refractivity (Wildman–Crippen MR) is 89.8 cm³/mol. The molecule has 0 aliphatic carbocycles. The Hall–Kier alpha value is -1.60. The lowest BCUT2D eigenvalue weighted by Gasteiger charge is -2.40. The maximum Gasteiger partial charge on any atom is 0.237 e. The Morgan fingerprint density at radius 2 is 2.23 bits per heavy atom. The van der Waals surface area contributed by atoms with Crippen molar-refractivity contribution in [3.05, 3.63) is 29.8 Å². The number of para-hydroxylation sites is 2. The summed E-state index contributed by atoms with van der Waals surface area (Å²) in [4.78, 5) is 17.1. The average Bonchev–Trinajstić information content (AvgIpc) is 3.23. The molecule has 1 unspecified atom stereocenters. The predicted octanol–water partition coefficient (Wildman–Crippen LogP) is 2.65. The molecule has 4 rings (SSSR count). The molecule has 2 aromatic rings. The Balaban J connectivity index is 1.56. The van der Waals surface area contributed by atoms with Gasteiger partial charge in [0.2, 0.25) is 5.91 Å². The van der Waals surface area contributed by atoms with Crippen molar-refractivity contribution in [2.45, 2.75) is 23.2 Å². The molecular weight excluding hydrogens is 316 g/mol. The van der Waals surface area contributed by atoms with Gasteiger partial charge in [0.1, 0.15) is 5.51 Å². The molecule has 2 aliphatic heterocycles. The number of amides is 1. The zero-order valence-electron chi connectivity index (χ0n) is 12.0. The van der Waals surface area contributed by atoms with Gasteiger partial charge in [0.05, 0.1) is 17.1 Å². The van der Waals surface area contributed by atoms with Crippen LogP contribution in [0.1, 0.15) is 12.8 Å². The van der Waals surface area contributed by atoms with Crippen LogP contribution in [0.4, 0.5) is 11.4 Å². The number of anilines is 2. The summed E-state index contributed by atoms with van der Waals surface area (Å²) in [6.45, 7) is 1.90. The number of aromatic nitrogens is 2. The molecule has 1 atom stereocenters. The molecule has 0 radical (unpaired) electrons. The van der Waals surface area contributed by atoms with Crippen molar-refractivity contribution in [3.8, 4) is 0 Å². The highest BCUT2D eigenvalue weighted by Gasteiger charge is 2.35. The summed E-state index contributed by atoms with van der Waals surface area (Å²) in [6, 6.07) is 8.71. The standard InChI is InChI=1S/C15H16N4OS2/c20-14(9-21-15-17-16-10-22-15)19-8-11-4-3-7-18(11)12-5-1-2-6-13(12)19/h1-2,5-6,10-11H,3-4,7-9H2. The van der Waals surface area contributed by atoms with E-state index in [-0.39, 0.29) is 5.91 Å². The first-order valence-corrected chi connectivity index (χ1v) is 9.24. The second-order valence-electron chi connectivity index (χ2n) is 5.48. The molecular formula is C15H16N4OS2. The number of benzene rings is 1. The normalized spacial score (nSPS) is 19.9. The summed E-state index contributed by atoms with van der Waals surface area (Å²) >= 11 is 2.94. The van der Waals surface area contributed by atoms with Crippen LogP contribution in [0.25, 0.3) is 0 Å². The highest BCUT2D eigenvalue weighted by molar-refractivity contribution is 8.01. The van der Waals surface area contributed by atoms with Crippen LogP contribution in [0, 0.1) is 0 Å². The molecule has 0 spiro atoms. The lowest BCUT2D eigenvalue weighted by Crippen LogP contribution is -2.48. The van der Waals surface area contributed by atoms with E-state index >= 15 is 0 Å². The topological polar surface area (TPSA) is 49.3 Å². The van der Waals surface area contributed by atoms with E-state index in [1.54, 1.807) is 5.51 Å². The van der Waals surface area contributed by atoms with E-state index in [2.05, 4.69) is 33.3 Å². The molecule has 1 fully saturated rings. The molecule has 0 N–H and O–H groups in total. The number of fused-ring (bicyclic) bond motifs is 3. The van der Waals surface area contributed by atoms with Crippen LogP contribution < -0.4 is 9.80 Å². The van der Waals surface area contributed by atoms with Crippen LogP contribution in [-0.2, 0) is 4.79 Å². The Morgan fingerprint density at radius 3 is 3.05 bits per heavy atom. The lowest BCUT2D eigenvalue weighted by molar-refractivity contribution is -0.116. The SMILES string of the molecule is O=C(CSc1nncs1)N1CC2CCCN2c2ccccc21. The number of thioether (sulfide) groups is 1. The van der Waals surface area contributed by atoms with E-state index in [1.807, 2.05) is 11.0 Å². The van der Waals surface area contributed by atoms with Crippen molar-refractivity contribution in [1.82, 2.24) is 10.2 Å². The molecule has 0 saturated carbocycles. The summed E-state index contributed by atoms with van der Waals surface area (Å²) in [5.41, 5.74) is 3.94. The molecule has 7 heteroatoms. The van der Waals surface area contributed by atoms with Crippen LogP contribution in [0.2, 0.25) is 0 Å². The minimum Gasteiger partial charge on any atom is -0.365 e. The fourth-order valence-corrected chi connectivity index (χ4v) is 4.61. The number of rotatable bonds is 3. The Morgan fingerprint density at radius 1 is 1.36 bits per heavy atom. The van der Waals surface area contributed by atoms with Crippen molar-refractivity contribution in [2.24, 2.45) is 0 Å². The smallest absolute Gasteiger partial charge is 0.237 e. The molecule has 3 heterocycles. The molecule has 22 heavy (non-hydrogen) atoms. The van der Waals surface area contributed by atoms with Gasteiger partial charge in [0.25, 0.3) is 0 Å². The first-order chi connectivity index (χ1) is 10.8. The minimum absolute atomic E-state index is 0.152. The highest BCUT2D eigenvalue weighted by Crippen LogP contribution is 2.39. The monoisotopic (exact) mass is 332 g/mol. The summed E-state index contributed by atoms with van der Waals surface area (Å²) < 4.78 is 0.848. The highest BCUT2D eigenvalue weighted by atomic mass is 32.2. The Labute approximate surface area is 137 Å². The van der Waals surface area contributed by atoms with E-state index in [4.69, 9.17) is 0 Å². The van der Waals surface area contributed by atoms with E-state index in [0.717, 1.165) is 23.1 Å². The van der Waals surface area contributed by atoms with Gasteiger partial charge in [-0.05, 0) is 25.0 Å². The first kappa shape index (κ1) is 14.0. The summed E-state index contributed by atoms with van der Waals surface area (Å²) in [5.74, 6) is 0.565. The molecule has 114 valence electrons. The van der Waals surface area contributed by atoms with Crippen molar-refractivity contribution < 1.29 is 4.79 Å². The lowest BCUT2D eigenvalue weighted by atomic mass is 10.1. The van der Waals surface area contributed by atoms with Gasteiger partial charge in [-0.15, -0.1) is 10.2 Å². The van der Waals surface area contributed by atoms with Gasteiger partial charge in [0, 0.05) is 19.1 Å². The quantitative estimate of drug-likeness (QED) is 0.809. The van der Waals surface area contributed by atoms with Crippen molar-refractivity contribution in [1.29, 1.82) is 0 Å². The molecule has 2 aliphatic rings. The third-order valence-corrected chi connectivity index (χ3v) is 6.06. The average molecular weight is 332 g/mol. The van der Waals surface area contributed by atoms with Gasteiger partial charge in [0.15, 0.2) is 4.34 Å². The fraction of sp³-hybridized carbons (Fsp3) is 0.400. The van der Waals surface area contributed by atoms with E-state index in [9.17, 15) is 4.79 Å². The van der Waals surface area contributed by atoms with Gasteiger partial charge in [-0.25, -0.2) is 0 Å². The number of carbonyl (C=O) groups is 1. The maximum atomic E-state index is 12.7. The number of hydrogen-bond donors (Lipinski definition) is 0. The van der Waals surface area contributed by atoms with Gasteiger partial charge >= 0.3 is 0 Å². The fourth-order valence-electron chi connectivity index (χ4n) is 3.25. The summed E-state index contributed by atoms with van der Waals surface area (Å²) in [7, 11) is 0. The van der Waals surface area contributed by atoms with Gasteiger partial charge in [-0.2, -0.15) is 0 Å². The maximum absolute atomic E-state index is 12.7. The van der Waals surface area contributed by atoms with Gasteiger partial charge in [-0.1, -0.05) is 35.2 Å². The van der Waals surface area contributed by atoms with Crippen LogP contribution >= 0.6 is 23.1 Å². The largest absolute Gasteiger partial charge is 0.365 e. The third-order valence-electron chi connectivity index (χ3n) is 4.21. The second-order valence-corrected chi connectivity index (χ2v) is 7.53. The molecule has 1 aromatic carbocycles. The molecule has 0 bridgehead atoms. The van der Waals surface area contributed by atoms with E-state index < -0.39 is 0 Å². The summed E-state index contributed by atoms with van der Waals surface area (Å²) in [5, 5.41) is 7.79. The van der Waals surface area contributed by atoms with Crippen molar-refractivity contribution >= 4 is 40.4 Å². The number of hydrogen-bond acceptors (Lipinski definition) is 6. The molecule has 1 amide bonds. The zero-order valence-corrected chi connectivity index (χ0v) is 13.6. The molecule has 1 aromatic heterocycles. The van der Waals surface area contributed by atoms with Crippen molar-refractivity contribution in [2.75, 3.05) is 28.6 Å². The van der Waals surface area contributed by atoms with Crippen LogP contribution in [0.15, 0.2) is 34.1 Å². The first-order valence-electron chi connectivity index (χ1n) is 7.38.